The van der Waals surface area contributed by atoms with E-state index >= 15 is 0 Å². The number of hydrogen-bond donors (Lipinski definition) is 7. The predicted molar refractivity (Wildman–Crippen MR) is 212 cm³/mol. The number of anilines is 1. The fourth-order valence-electron chi connectivity index (χ4n) is 6.09. The summed E-state index contributed by atoms with van der Waals surface area (Å²) in [7, 11) is 3.26. The highest BCUT2D eigenvalue weighted by molar-refractivity contribution is 5.92. The van der Waals surface area contributed by atoms with Gasteiger partial charge >= 0.3 is 12.1 Å². The summed E-state index contributed by atoms with van der Waals surface area (Å²) < 4.78 is 5.49. The largest absolute Gasteiger partial charge is 0.478 e. The van der Waals surface area contributed by atoms with Gasteiger partial charge in [-0.05, 0) is 68.3 Å². The highest BCUT2D eigenvalue weighted by atomic mass is 16.6. The smallest absolute Gasteiger partial charge is 0.416 e. The van der Waals surface area contributed by atoms with Crippen molar-refractivity contribution in [1.29, 1.82) is 0 Å². The Morgan fingerprint density at radius 1 is 0.927 bits per heavy atom. The number of carbonyl (C=O) groups excluding carboxylic acids is 5. The second-order valence-electron chi connectivity index (χ2n) is 16.6. The monoisotopic (exact) mass is 769 g/mol. The number of carboxylic acid groups (broad SMARTS) is 1. The van der Waals surface area contributed by atoms with Gasteiger partial charge in [0.2, 0.25) is 23.6 Å². The van der Waals surface area contributed by atoms with Crippen molar-refractivity contribution >= 4 is 41.4 Å². The van der Waals surface area contributed by atoms with E-state index in [-0.39, 0.29) is 29.1 Å². The predicted octanol–water partition coefficient (Wildman–Crippen LogP) is 3.41. The Labute approximate surface area is 325 Å². The van der Waals surface area contributed by atoms with Crippen LogP contribution in [-0.2, 0) is 34.1 Å². The Morgan fingerprint density at radius 3 is 2.04 bits per heavy atom. The molecule has 15 heteroatoms. The quantitative estimate of drug-likeness (QED) is 0.115. The molecule has 306 valence electrons. The molecule has 0 aliphatic heterocycles. The van der Waals surface area contributed by atoms with Crippen LogP contribution in [0.15, 0.2) is 47.7 Å². The van der Waals surface area contributed by atoms with Crippen LogP contribution >= 0.6 is 0 Å². The molecule has 6 atom stereocenters. The van der Waals surface area contributed by atoms with E-state index in [2.05, 4.69) is 26.6 Å². The maximum absolute atomic E-state index is 14.0. The van der Waals surface area contributed by atoms with E-state index in [1.165, 1.54) is 11.8 Å². The van der Waals surface area contributed by atoms with Gasteiger partial charge in [-0.25, -0.2) is 9.59 Å². The summed E-state index contributed by atoms with van der Waals surface area (Å²) >= 11 is 0. The molecule has 0 radical (unpaired) electrons. The highest BCUT2D eigenvalue weighted by Gasteiger charge is 2.42. The number of nitrogens with zero attached hydrogens (tertiary/aromatic N) is 1. The summed E-state index contributed by atoms with van der Waals surface area (Å²) in [4.78, 5) is 79.0. The van der Waals surface area contributed by atoms with Gasteiger partial charge in [0.1, 0.15) is 17.8 Å². The molecule has 1 aromatic carbocycles. The highest BCUT2D eigenvalue weighted by Crippen LogP contribution is 2.31. The first kappa shape index (κ1) is 46.4. The summed E-state index contributed by atoms with van der Waals surface area (Å²) in [6, 6.07) is 2.51. The molecule has 1 aromatic rings. The molecule has 0 saturated heterocycles. The molecule has 0 fully saturated rings. The molecular formula is C40H63N7O8. The summed E-state index contributed by atoms with van der Waals surface area (Å²) in [5.74, 6) is -2.68. The van der Waals surface area contributed by atoms with Crippen molar-refractivity contribution in [2.45, 2.75) is 124 Å². The van der Waals surface area contributed by atoms with Crippen LogP contribution in [0.3, 0.4) is 0 Å². The van der Waals surface area contributed by atoms with Crippen LogP contribution in [0.1, 0.15) is 88.1 Å². The molecular weight excluding hydrogens is 706 g/mol. The number of benzene rings is 1. The van der Waals surface area contributed by atoms with Crippen molar-refractivity contribution in [3.63, 3.8) is 0 Å². The van der Waals surface area contributed by atoms with Crippen LogP contribution in [-0.4, -0.2) is 96.0 Å². The Kier molecular flexibility index (Phi) is 16.2. The molecule has 0 bridgehead atoms. The van der Waals surface area contributed by atoms with Gasteiger partial charge in [-0.3, -0.25) is 24.5 Å². The number of nitrogens with two attached hydrogens (primary N) is 1. The molecule has 1 aliphatic rings. The Hall–Kier alpha value is -4.76. The first-order valence-corrected chi connectivity index (χ1v) is 18.6. The van der Waals surface area contributed by atoms with E-state index in [1.54, 1.807) is 51.4 Å². The topological polar surface area (TPSA) is 221 Å². The molecule has 0 spiro atoms. The SMILES string of the molecule is CN[C@H](C(=O)N[C@H](C(=O)N(C)[C@H](/C=C(\C)C(=O)O)C(C)C)C(C)(C)C)C(C)(C)c1cccc(NC(=O)OC2=CC[C@H]2NC(=O)[C@H](C)NC(=O)[C@@H](N)C(C)C)c1. The fraction of sp³-hybridized carbons (Fsp3) is 0.600. The minimum atomic E-state index is -1.07. The third-order valence-electron chi connectivity index (χ3n) is 9.96. The lowest BCUT2D eigenvalue weighted by molar-refractivity contribution is -0.141. The molecule has 55 heavy (non-hydrogen) atoms. The van der Waals surface area contributed by atoms with Gasteiger partial charge in [-0.15, -0.1) is 0 Å². The van der Waals surface area contributed by atoms with E-state index in [4.69, 9.17) is 10.5 Å². The number of rotatable bonds is 17. The standard InChI is InChI=1S/C40H63N7O8/c1-21(2)28(19-23(5)37(52)53)47(13)36(51)32(39(7,8)9)46-35(50)31(42-12)40(10,11)25-15-14-16-26(20-25)44-38(54)55-29-18-17-27(29)45-33(48)24(6)43-34(49)30(41)22(3)4/h14-16,18-22,24,27-28,30-32,42H,17,41H2,1-13H3,(H,43,49)(H,44,54)(H,45,48)(H,46,50)(H,52,53)/b23-19+/t24-,27+,28+,30-,31+,32+/m0/s1. The molecule has 2 rings (SSSR count). The first-order chi connectivity index (χ1) is 25.3. The Balaban J connectivity index is 2.17. The lowest BCUT2D eigenvalue weighted by Crippen LogP contribution is -2.61. The van der Waals surface area contributed by atoms with Crippen molar-refractivity contribution in [1.82, 2.24) is 26.2 Å². The second kappa shape index (κ2) is 19.2. The molecule has 1 aliphatic carbocycles. The van der Waals surface area contributed by atoms with Crippen LogP contribution in [0.25, 0.3) is 0 Å². The van der Waals surface area contributed by atoms with E-state index in [0.717, 1.165) is 0 Å². The number of carbonyl (C=O) groups is 6. The molecule has 0 heterocycles. The third kappa shape index (κ3) is 12.4. The summed E-state index contributed by atoms with van der Waals surface area (Å²) in [5, 5.41) is 23.6. The lowest BCUT2D eigenvalue weighted by Gasteiger charge is -2.40. The number of carboxylic acids is 1. The Bertz CT molecular complexity index is 1650. The molecule has 0 unspecified atom stereocenters. The van der Waals surface area contributed by atoms with Gasteiger partial charge in [0.05, 0.1) is 24.2 Å². The van der Waals surface area contributed by atoms with E-state index in [1.807, 2.05) is 68.4 Å². The Morgan fingerprint density at radius 2 is 1.55 bits per heavy atom. The van der Waals surface area contributed by atoms with Crippen LogP contribution in [0.5, 0.6) is 0 Å². The van der Waals surface area contributed by atoms with Crippen LogP contribution in [0.2, 0.25) is 0 Å². The average molecular weight is 770 g/mol. The van der Waals surface area contributed by atoms with Crippen molar-refractivity contribution in [3.05, 3.63) is 53.3 Å². The van der Waals surface area contributed by atoms with E-state index in [0.29, 0.717) is 17.7 Å². The second-order valence-corrected chi connectivity index (χ2v) is 16.6. The van der Waals surface area contributed by atoms with Gasteiger partial charge in [0.15, 0.2) is 0 Å². The summed E-state index contributed by atoms with van der Waals surface area (Å²) in [6.07, 6.45) is 2.88. The number of nitrogens with one attached hydrogen (secondary N) is 5. The number of likely N-dealkylation sites (N-methyl/N-ethyl adjacent to an activating group) is 2. The van der Waals surface area contributed by atoms with Crippen LogP contribution in [0.4, 0.5) is 10.5 Å². The van der Waals surface area contributed by atoms with Crippen molar-refractivity contribution < 1.29 is 38.6 Å². The molecule has 5 amide bonds. The minimum Gasteiger partial charge on any atom is -0.478 e. The average Bonchev–Trinajstić information content (AvgIpc) is 3.08. The van der Waals surface area contributed by atoms with Gasteiger partial charge in [0, 0.05) is 23.7 Å². The first-order valence-electron chi connectivity index (χ1n) is 18.6. The van der Waals surface area contributed by atoms with E-state index < -0.39 is 76.9 Å². The molecule has 15 nitrogen and oxygen atoms in total. The number of ether oxygens (including phenoxy) is 1. The van der Waals surface area contributed by atoms with E-state index in [9.17, 15) is 33.9 Å². The number of aliphatic carboxylic acids is 1. The zero-order chi connectivity index (χ0) is 42.2. The van der Waals surface area contributed by atoms with Crippen LogP contribution < -0.4 is 32.3 Å². The molecule has 0 aromatic heterocycles. The summed E-state index contributed by atoms with van der Waals surface area (Å²) in [5.41, 5.74) is 5.53. The van der Waals surface area contributed by atoms with Gasteiger partial charge < -0.3 is 41.7 Å². The lowest BCUT2D eigenvalue weighted by atomic mass is 9.76. The normalized spacial score (nSPS) is 17.4. The fourth-order valence-corrected chi connectivity index (χ4v) is 6.09. The van der Waals surface area contributed by atoms with Crippen molar-refractivity contribution in [2.75, 3.05) is 19.4 Å². The third-order valence-corrected chi connectivity index (χ3v) is 9.96. The zero-order valence-electron chi connectivity index (χ0n) is 34.6. The van der Waals surface area contributed by atoms with Gasteiger partial charge in [-0.1, -0.05) is 80.5 Å². The molecule has 8 N–H and O–H groups in total. The van der Waals surface area contributed by atoms with Crippen molar-refractivity contribution in [3.8, 4) is 0 Å². The van der Waals surface area contributed by atoms with Gasteiger partial charge in [-0.2, -0.15) is 0 Å². The molecule has 0 saturated carbocycles. The van der Waals surface area contributed by atoms with Gasteiger partial charge in [0.25, 0.3) is 0 Å². The maximum Gasteiger partial charge on any atom is 0.416 e. The van der Waals surface area contributed by atoms with Crippen molar-refractivity contribution in [2.24, 2.45) is 23.0 Å². The number of hydrogen-bond acceptors (Lipinski definition) is 9. The zero-order valence-corrected chi connectivity index (χ0v) is 34.6. The summed E-state index contributed by atoms with van der Waals surface area (Å²) in [6.45, 7) is 19.7. The minimum absolute atomic E-state index is 0.0964. The number of amides is 5. The van der Waals surface area contributed by atoms with Crippen LogP contribution in [0, 0.1) is 17.3 Å². The maximum atomic E-state index is 14.0.